The van der Waals surface area contributed by atoms with Crippen molar-refractivity contribution in [2.75, 3.05) is 18.4 Å². The predicted octanol–water partition coefficient (Wildman–Crippen LogP) is 3.81. The van der Waals surface area contributed by atoms with Crippen LogP contribution in [0, 0.1) is 5.92 Å². The smallest absolute Gasteiger partial charge is 0.232 e. The Morgan fingerprint density at radius 1 is 1.44 bits per heavy atom. The van der Waals surface area contributed by atoms with Gasteiger partial charge < -0.3 is 5.32 Å². The summed E-state index contributed by atoms with van der Waals surface area (Å²) in [5.41, 5.74) is 1.94. The van der Waals surface area contributed by atoms with Crippen LogP contribution in [0.25, 0.3) is 15.8 Å². The van der Waals surface area contributed by atoms with Gasteiger partial charge in [-0.05, 0) is 30.4 Å². The minimum Gasteiger partial charge on any atom is -0.315 e. The molecule has 1 amide bonds. The fourth-order valence-electron chi connectivity index (χ4n) is 2.44. The molecule has 1 aromatic carbocycles. The molecule has 2 N–H and O–H groups in total. The molecule has 0 saturated carbocycles. The molecule has 130 valence electrons. The normalized spacial score (nSPS) is 15.5. The Kier molecular flexibility index (Phi) is 5.83. The molecule has 0 radical (unpaired) electrons. The maximum Gasteiger partial charge on any atom is 0.232 e. The van der Waals surface area contributed by atoms with Gasteiger partial charge in [-0.1, -0.05) is 43.0 Å². The zero-order valence-electron chi connectivity index (χ0n) is 14.5. The van der Waals surface area contributed by atoms with Gasteiger partial charge in [0.05, 0.1) is 11.4 Å². The lowest BCUT2D eigenvalue weighted by Gasteiger charge is -2.25. The molecule has 1 aromatic heterocycles. The average molecular weight is 354 g/mol. The van der Waals surface area contributed by atoms with E-state index in [1.807, 2.05) is 19.1 Å². The molecular weight excluding hydrogens is 332 g/mol. The van der Waals surface area contributed by atoms with Crippen LogP contribution in [0.3, 0.4) is 0 Å². The van der Waals surface area contributed by atoms with Crippen molar-refractivity contribution in [2.24, 2.45) is 5.92 Å². The number of amides is 1. The first-order chi connectivity index (χ1) is 12.2. The van der Waals surface area contributed by atoms with E-state index in [0.717, 1.165) is 36.0 Å². The molecule has 0 unspecified atom stereocenters. The van der Waals surface area contributed by atoms with Gasteiger partial charge in [0.2, 0.25) is 11.9 Å². The highest BCUT2D eigenvalue weighted by Crippen LogP contribution is 2.30. The van der Waals surface area contributed by atoms with E-state index in [-0.39, 0.29) is 11.8 Å². The van der Waals surface area contributed by atoms with Gasteiger partial charge in [0.15, 0.2) is 0 Å². The minimum atomic E-state index is -0.0244. The zero-order valence-corrected chi connectivity index (χ0v) is 15.3. The second-order valence-corrected chi connectivity index (χ2v) is 6.81. The highest BCUT2D eigenvalue weighted by molar-refractivity contribution is 8.10. The Morgan fingerprint density at radius 3 is 2.96 bits per heavy atom. The van der Waals surface area contributed by atoms with Gasteiger partial charge in [-0.15, -0.1) is 0 Å². The number of benzene rings is 1. The zero-order chi connectivity index (χ0) is 17.6. The number of hydrogen-bond acceptors (Lipinski definition) is 5. The molecule has 25 heavy (non-hydrogen) atoms. The van der Waals surface area contributed by atoms with Crippen molar-refractivity contribution >= 4 is 39.4 Å². The SMILES string of the molecule is C/C=C(\S/C=C/CC)c1ccc2cnc(NC(=O)C3CNC3)nc2c1. The lowest BCUT2D eigenvalue weighted by Crippen LogP contribution is -2.48. The highest BCUT2D eigenvalue weighted by atomic mass is 32.2. The van der Waals surface area contributed by atoms with Crippen LogP contribution in [0.5, 0.6) is 0 Å². The number of anilines is 1. The van der Waals surface area contributed by atoms with Crippen LogP contribution in [-0.4, -0.2) is 29.0 Å². The number of nitrogens with one attached hydrogen (secondary N) is 2. The Balaban J connectivity index is 1.82. The Hall–Kier alpha value is -2.18. The standard InChI is InChI=1S/C19H22N4OS/c1-3-5-8-25-17(4-2)13-6-7-14-12-21-19(22-16(14)9-13)23-18(24)15-10-20-11-15/h4-9,12,15,20H,3,10-11H2,1-2H3,(H,21,22,23,24)/b8-5+,17-4-. The van der Waals surface area contributed by atoms with Crippen LogP contribution in [0.15, 0.2) is 42.0 Å². The fraction of sp³-hybridized carbons (Fsp3) is 0.316. The molecular formula is C19H22N4OS. The summed E-state index contributed by atoms with van der Waals surface area (Å²) in [7, 11) is 0. The van der Waals surface area contributed by atoms with Crippen LogP contribution in [-0.2, 0) is 4.79 Å². The molecule has 1 aliphatic rings. The maximum atomic E-state index is 12.0. The molecule has 0 aliphatic carbocycles. The van der Waals surface area contributed by atoms with Gasteiger partial charge in [0, 0.05) is 29.6 Å². The first-order valence-corrected chi connectivity index (χ1v) is 9.36. The summed E-state index contributed by atoms with van der Waals surface area (Å²) in [6.07, 6.45) is 7.01. The van der Waals surface area contributed by atoms with Crippen molar-refractivity contribution in [2.45, 2.75) is 20.3 Å². The molecule has 0 atom stereocenters. The van der Waals surface area contributed by atoms with Gasteiger partial charge in [-0.2, -0.15) is 0 Å². The molecule has 2 heterocycles. The van der Waals surface area contributed by atoms with Gasteiger partial charge in [0.1, 0.15) is 0 Å². The van der Waals surface area contributed by atoms with E-state index in [1.54, 1.807) is 18.0 Å². The number of nitrogens with zero attached hydrogens (tertiary/aromatic N) is 2. The summed E-state index contributed by atoms with van der Waals surface area (Å²) in [6.45, 7) is 5.59. The van der Waals surface area contributed by atoms with Crippen LogP contribution < -0.4 is 10.6 Å². The van der Waals surface area contributed by atoms with Crippen LogP contribution >= 0.6 is 11.8 Å². The van der Waals surface area contributed by atoms with E-state index in [4.69, 9.17) is 0 Å². The molecule has 1 aliphatic heterocycles. The number of carbonyl (C=O) groups excluding carboxylic acids is 1. The number of fused-ring (bicyclic) bond motifs is 1. The third-order valence-electron chi connectivity index (χ3n) is 4.04. The molecule has 0 spiro atoms. The number of aromatic nitrogens is 2. The van der Waals surface area contributed by atoms with Crippen LogP contribution in [0.1, 0.15) is 25.8 Å². The molecule has 2 aromatic rings. The van der Waals surface area contributed by atoms with E-state index >= 15 is 0 Å². The van der Waals surface area contributed by atoms with Crippen molar-refractivity contribution in [3.63, 3.8) is 0 Å². The lowest BCUT2D eigenvalue weighted by atomic mass is 10.0. The second kappa shape index (κ2) is 8.27. The predicted molar refractivity (Wildman–Crippen MR) is 105 cm³/mol. The maximum absolute atomic E-state index is 12.0. The Morgan fingerprint density at radius 2 is 2.28 bits per heavy atom. The fourth-order valence-corrected chi connectivity index (χ4v) is 3.28. The molecule has 5 nitrogen and oxygen atoms in total. The summed E-state index contributed by atoms with van der Waals surface area (Å²) in [6, 6.07) is 6.13. The monoisotopic (exact) mass is 354 g/mol. The van der Waals surface area contributed by atoms with Gasteiger partial charge in [-0.3, -0.25) is 10.1 Å². The van der Waals surface area contributed by atoms with Gasteiger partial charge in [0.25, 0.3) is 0 Å². The Bertz CT molecular complexity index is 827. The van der Waals surface area contributed by atoms with E-state index in [9.17, 15) is 4.79 Å². The summed E-state index contributed by atoms with van der Waals surface area (Å²) < 4.78 is 0. The first kappa shape index (κ1) is 17.6. The largest absolute Gasteiger partial charge is 0.315 e. The van der Waals surface area contributed by atoms with E-state index in [2.05, 4.69) is 51.2 Å². The number of carbonyl (C=O) groups is 1. The molecule has 6 heteroatoms. The summed E-state index contributed by atoms with van der Waals surface area (Å²) in [5.74, 6) is 0.354. The lowest BCUT2D eigenvalue weighted by molar-refractivity contribution is -0.121. The average Bonchev–Trinajstić information content (AvgIpc) is 2.56. The van der Waals surface area contributed by atoms with Crippen molar-refractivity contribution in [3.8, 4) is 0 Å². The van der Waals surface area contributed by atoms with Crippen LogP contribution in [0.2, 0.25) is 0 Å². The number of hydrogen-bond donors (Lipinski definition) is 2. The topological polar surface area (TPSA) is 66.9 Å². The number of allylic oxidation sites excluding steroid dienone is 2. The molecule has 1 saturated heterocycles. The van der Waals surface area contributed by atoms with Gasteiger partial charge in [-0.25, -0.2) is 9.97 Å². The summed E-state index contributed by atoms with van der Waals surface area (Å²) in [5, 5.41) is 8.96. The van der Waals surface area contributed by atoms with Gasteiger partial charge >= 0.3 is 0 Å². The molecule has 1 fully saturated rings. The van der Waals surface area contributed by atoms with Crippen molar-refractivity contribution in [1.82, 2.24) is 15.3 Å². The van der Waals surface area contributed by atoms with Crippen molar-refractivity contribution in [1.29, 1.82) is 0 Å². The second-order valence-electron chi connectivity index (χ2n) is 5.86. The number of thioether (sulfide) groups is 1. The highest BCUT2D eigenvalue weighted by Gasteiger charge is 2.25. The van der Waals surface area contributed by atoms with E-state index in [0.29, 0.717) is 5.95 Å². The van der Waals surface area contributed by atoms with Crippen molar-refractivity contribution < 1.29 is 4.79 Å². The third-order valence-corrected chi connectivity index (χ3v) is 5.10. The minimum absolute atomic E-state index is 0.0158. The van der Waals surface area contributed by atoms with E-state index in [1.165, 1.54) is 4.91 Å². The Labute approximate surface area is 152 Å². The molecule has 3 rings (SSSR count). The first-order valence-electron chi connectivity index (χ1n) is 8.48. The molecule has 0 bridgehead atoms. The quantitative estimate of drug-likeness (QED) is 0.826. The summed E-state index contributed by atoms with van der Waals surface area (Å²) >= 11 is 1.70. The summed E-state index contributed by atoms with van der Waals surface area (Å²) in [4.78, 5) is 22.0. The third kappa shape index (κ3) is 4.27. The van der Waals surface area contributed by atoms with Crippen molar-refractivity contribution in [3.05, 3.63) is 47.5 Å². The number of rotatable bonds is 6. The van der Waals surface area contributed by atoms with E-state index < -0.39 is 0 Å². The van der Waals surface area contributed by atoms with Crippen LogP contribution in [0.4, 0.5) is 5.95 Å².